The Kier molecular flexibility index (Phi) is 6.24. The van der Waals surface area contributed by atoms with Gasteiger partial charge in [-0.25, -0.2) is 18.6 Å². The van der Waals surface area contributed by atoms with Crippen LogP contribution in [0.2, 0.25) is 0 Å². The Hall–Kier alpha value is -3.59. The first-order valence-corrected chi connectivity index (χ1v) is 11.1. The minimum absolute atomic E-state index is 0.128. The summed E-state index contributed by atoms with van der Waals surface area (Å²) in [7, 11) is 0. The van der Waals surface area contributed by atoms with Crippen molar-refractivity contribution in [2.24, 2.45) is 0 Å². The highest BCUT2D eigenvalue weighted by Crippen LogP contribution is 2.35. The summed E-state index contributed by atoms with van der Waals surface area (Å²) < 4.78 is 29.9. The Bertz CT molecular complexity index is 1260. The van der Waals surface area contributed by atoms with E-state index in [0.29, 0.717) is 15.8 Å². The van der Waals surface area contributed by atoms with E-state index in [0.717, 1.165) is 16.9 Å². The number of amides is 1. The summed E-state index contributed by atoms with van der Waals surface area (Å²) in [6.45, 7) is 1.61. The van der Waals surface area contributed by atoms with Crippen LogP contribution < -0.4 is 10.6 Å². The normalized spacial score (nSPS) is 20.8. The summed E-state index contributed by atoms with van der Waals surface area (Å²) in [4.78, 5) is 29.1. The van der Waals surface area contributed by atoms with E-state index < -0.39 is 35.4 Å². The molecule has 0 spiro atoms. The van der Waals surface area contributed by atoms with Crippen molar-refractivity contribution >= 4 is 44.1 Å². The molecular weight excluding hydrogens is 448 g/mol. The van der Waals surface area contributed by atoms with Gasteiger partial charge in [-0.05, 0) is 47.9 Å². The van der Waals surface area contributed by atoms with Crippen LogP contribution in [0.4, 0.5) is 13.9 Å². The molecule has 3 aromatic rings. The first kappa shape index (κ1) is 22.6. The molecule has 0 aliphatic heterocycles. The maximum absolute atomic E-state index is 15.8. The maximum Gasteiger partial charge on any atom is 0.326 e. The van der Waals surface area contributed by atoms with Crippen LogP contribution in [-0.4, -0.2) is 39.7 Å². The molecule has 0 saturated carbocycles. The number of rotatable bonds is 7. The first-order chi connectivity index (χ1) is 15.8. The van der Waals surface area contributed by atoms with Crippen LogP contribution in [0.1, 0.15) is 18.9 Å². The lowest BCUT2D eigenvalue weighted by Gasteiger charge is -2.35. The Morgan fingerprint density at radius 1 is 1.24 bits per heavy atom. The number of benzene rings is 2. The number of hydrogen-bond donors (Lipinski definition) is 3. The number of carbonyl (C=O) groups excluding carboxylic acids is 1. The number of carbonyl (C=O) groups is 2. The molecule has 1 aliphatic carbocycles. The van der Waals surface area contributed by atoms with Crippen molar-refractivity contribution in [1.29, 1.82) is 0 Å². The van der Waals surface area contributed by atoms with Crippen LogP contribution in [0.5, 0.6) is 0 Å². The van der Waals surface area contributed by atoms with Gasteiger partial charge in [-0.1, -0.05) is 54.7 Å². The quantitative estimate of drug-likeness (QED) is 0.472. The molecule has 3 unspecified atom stereocenters. The molecule has 6 nitrogen and oxygen atoms in total. The summed E-state index contributed by atoms with van der Waals surface area (Å²) in [6, 6.07) is 12.0. The van der Waals surface area contributed by atoms with E-state index in [1.54, 1.807) is 13.0 Å². The molecule has 3 atom stereocenters. The van der Waals surface area contributed by atoms with Crippen LogP contribution in [0.15, 0.2) is 66.8 Å². The number of anilines is 1. The molecule has 0 saturated heterocycles. The van der Waals surface area contributed by atoms with E-state index in [1.165, 1.54) is 30.4 Å². The highest BCUT2D eigenvalue weighted by Gasteiger charge is 2.47. The van der Waals surface area contributed by atoms with Crippen molar-refractivity contribution in [3.63, 3.8) is 0 Å². The zero-order chi connectivity index (χ0) is 23.6. The molecule has 33 heavy (non-hydrogen) atoms. The Morgan fingerprint density at radius 2 is 2.00 bits per heavy atom. The van der Waals surface area contributed by atoms with E-state index >= 15 is 4.39 Å². The third-order valence-corrected chi connectivity index (χ3v) is 6.38. The van der Waals surface area contributed by atoms with Gasteiger partial charge in [0, 0.05) is 0 Å². The number of fused-ring (bicyclic) bond motifs is 1. The second-order valence-electron chi connectivity index (χ2n) is 7.62. The molecular formula is C24H21F2N3O3S. The minimum atomic E-state index is -1.94. The van der Waals surface area contributed by atoms with E-state index in [2.05, 4.69) is 15.6 Å². The molecule has 4 rings (SSSR count). The van der Waals surface area contributed by atoms with Crippen molar-refractivity contribution in [3.8, 4) is 0 Å². The van der Waals surface area contributed by atoms with Crippen molar-refractivity contribution in [3.05, 3.63) is 78.1 Å². The largest absolute Gasteiger partial charge is 0.480 e. The Morgan fingerprint density at radius 3 is 2.67 bits per heavy atom. The SMILES string of the molecule is CCC(NC(=O)C1(Nc2nc3ccc(F)cc3s2)C=CC(c2ccccc2)=CC1F)C(=O)O. The molecule has 1 aliphatic rings. The number of carboxylic acids is 1. The van der Waals surface area contributed by atoms with Gasteiger partial charge in [-0.3, -0.25) is 4.79 Å². The van der Waals surface area contributed by atoms with Gasteiger partial charge in [0.2, 0.25) is 0 Å². The van der Waals surface area contributed by atoms with Crippen LogP contribution in [0, 0.1) is 5.82 Å². The summed E-state index contributed by atoms with van der Waals surface area (Å²) in [5.74, 6) is -2.49. The Balaban J connectivity index is 1.72. The predicted molar refractivity (Wildman–Crippen MR) is 124 cm³/mol. The van der Waals surface area contributed by atoms with E-state index in [1.807, 2.05) is 30.3 Å². The number of nitrogens with one attached hydrogen (secondary N) is 2. The average molecular weight is 470 g/mol. The molecule has 0 radical (unpaired) electrons. The van der Waals surface area contributed by atoms with Crippen LogP contribution in [-0.2, 0) is 9.59 Å². The summed E-state index contributed by atoms with van der Waals surface area (Å²) in [6.07, 6.45) is 2.61. The predicted octanol–water partition coefficient (Wildman–Crippen LogP) is 4.56. The molecule has 1 aromatic heterocycles. The molecule has 1 heterocycles. The molecule has 3 N–H and O–H groups in total. The lowest BCUT2D eigenvalue weighted by Crippen LogP contribution is -2.60. The fraction of sp³-hybridized carbons (Fsp3) is 0.208. The maximum atomic E-state index is 15.8. The van der Waals surface area contributed by atoms with Gasteiger partial charge in [0.25, 0.3) is 5.91 Å². The second-order valence-corrected chi connectivity index (χ2v) is 8.65. The van der Waals surface area contributed by atoms with Gasteiger partial charge in [0.15, 0.2) is 16.8 Å². The van der Waals surface area contributed by atoms with Gasteiger partial charge >= 0.3 is 5.97 Å². The smallest absolute Gasteiger partial charge is 0.326 e. The minimum Gasteiger partial charge on any atom is -0.480 e. The number of thiazole rings is 1. The van der Waals surface area contributed by atoms with Gasteiger partial charge in [0.05, 0.1) is 10.2 Å². The third kappa shape index (κ3) is 4.49. The average Bonchev–Trinajstić information content (AvgIpc) is 3.20. The molecule has 0 fully saturated rings. The van der Waals surface area contributed by atoms with E-state index in [4.69, 9.17) is 0 Å². The fourth-order valence-corrected chi connectivity index (χ4v) is 4.56. The number of aliphatic carboxylic acids is 1. The van der Waals surface area contributed by atoms with Crippen molar-refractivity contribution in [2.45, 2.75) is 31.1 Å². The third-order valence-electron chi connectivity index (χ3n) is 5.45. The highest BCUT2D eigenvalue weighted by atomic mass is 32.1. The zero-order valence-electron chi connectivity index (χ0n) is 17.6. The number of nitrogens with zero attached hydrogens (tertiary/aromatic N) is 1. The zero-order valence-corrected chi connectivity index (χ0v) is 18.4. The summed E-state index contributed by atoms with van der Waals surface area (Å²) in [5.41, 5.74) is -0.0805. The molecule has 2 aromatic carbocycles. The van der Waals surface area contributed by atoms with E-state index in [9.17, 15) is 19.1 Å². The molecule has 1 amide bonds. The second kappa shape index (κ2) is 9.11. The van der Waals surface area contributed by atoms with Gasteiger partial charge in [0.1, 0.15) is 11.9 Å². The van der Waals surface area contributed by atoms with Crippen molar-refractivity contribution < 1.29 is 23.5 Å². The van der Waals surface area contributed by atoms with Crippen LogP contribution >= 0.6 is 11.3 Å². The number of allylic oxidation sites excluding steroid dienone is 2. The lowest BCUT2D eigenvalue weighted by atomic mass is 9.84. The van der Waals surface area contributed by atoms with Gasteiger partial charge < -0.3 is 15.7 Å². The van der Waals surface area contributed by atoms with Crippen molar-refractivity contribution in [1.82, 2.24) is 10.3 Å². The van der Waals surface area contributed by atoms with Crippen molar-refractivity contribution in [2.75, 3.05) is 5.32 Å². The molecule has 9 heteroatoms. The van der Waals surface area contributed by atoms with E-state index in [-0.39, 0.29) is 11.6 Å². The monoisotopic (exact) mass is 469 g/mol. The number of carboxylic acid groups (broad SMARTS) is 1. The molecule has 170 valence electrons. The summed E-state index contributed by atoms with van der Waals surface area (Å²) in [5, 5.41) is 14.9. The van der Waals surface area contributed by atoms with Crippen LogP contribution in [0.25, 0.3) is 15.8 Å². The molecule has 0 bridgehead atoms. The summed E-state index contributed by atoms with van der Waals surface area (Å²) >= 11 is 1.07. The van der Waals surface area contributed by atoms with Gasteiger partial charge in [-0.15, -0.1) is 0 Å². The Labute approximate surface area is 192 Å². The highest BCUT2D eigenvalue weighted by molar-refractivity contribution is 7.22. The first-order valence-electron chi connectivity index (χ1n) is 10.3. The number of alkyl halides is 1. The van der Waals surface area contributed by atoms with Gasteiger partial charge in [-0.2, -0.15) is 0 Å². The standard InChI is InChI=1S/C24H21F2N3O3S/c1-2-17(21(30)31)27-22(32)24(29-23-28-18-9-8-16(25)13-19(18)33-23)11-10-15(12-20(24)26)14-6-4-3-5-7-14/h3-13,17,20H,2H2,1H3,(H,27,32)(H,28,29)(H,30,31). The number of hydrogen-bond acceptors (Lipinski definition) is 5. The van der Waals surface area contributed by atoms with Crippen LogP contribution in [0.3, 0.4) is 0 Å². The number of aromatic nitrogens is 1. The lowest BCUT2D eigenvalue weighted by molar-refractivity contribution is -0.142. The number of halogens is 2. The fourth-order valence-electron chi connectivity index (χ4n) is 3.59. The topological polar surface area (TPSA) is 91.3 Å².